The maximum Gasteiger partial charge on any atom is 0.229 e. The van der Waals surface area contributed by atoms with Crippen LogP contribution in [0.25, 0.3) is 0 Å². The van der Waals surface area contributed by atoms with Crippen LogP contribution in [0.1, 0.15) is 25.7 Å². The van der Waals surface area contributed by atoms with E-state index in [1.165, 1.54) is 4.90 Å². The number of nitrogens with two attached hydrogens (primary N) is 1. The minimum absolute atomic E-state index is 0.0713. The van der Waals surface area contributed by atoms with Crippen LogP contribution in [-0.4, -0.2) is 69.4 Å². The Hall–Kier alpha value is -1.02. The van der Waals surface area contributed by atoms with Crippen LogP contribution >= 0.6 is 0 Å². The van der Waals surface area contributed by atoms with Gasteiger partial charge in [0.2, 0.25) is 11.8 Å². The van der Waals surface area contributed by atoms with Gasteiger partial charge in [-0.3, -0.25) is 14.5 Å². The molecule has 7 heteroatoms. The van der Waals surface area contributed by atoms with E-state index in [0.717, 1.165) is 6.42 Å². The Balaban J connectivity index is 1.80. The number of likely N-dealkylation sites (tertiary alicyclic amines) is 1. The van der Waals surface area contributed by atoms with E-state index in [1.807, 2.05) is 0 Å². The van der Waals surface area contributed by atoms with Gasteiger partial charge >= 0.3 is 0 Å². The molecule has 0 unspecified atom stereocenters. The fourth-order valence-electron chi connectivity index (χ4n) is 1.92. The number of carbonyl (C=O) groups excluding carboxylic acids is 2. The highest BCUT2D eigenvalue weighted by atomic mass is 16.5. The van der Waals surface area contributed by atoms with Crippen LogP contribution < -0.4 is 5.73 Å². The lowest BCUT2D eigenvalue weighted by Crippen LogP contribution is -2.30. The van der Waals surface area contributed by atoms with Crippen molar-refractivity contribution < 1.29 is 23.8 Å². The van der Waals surface area contributed by atoms with E-state index in [1.54, 1.807) is 0 Å². The van der Waals surface area contributed by atoms with Gasteiger partial charge in [0.25, 0.3) is 0 Å². The van der Waals surface area contributed by atoms with Crippen LogP contribution in [0.2, 0.25) is 0 Å². The standard InChI is InChI=1S/C14H26N2O5/c15-5-1-7-19-9-11-21-12-10-20-8-2-6-16-13(17)3-4-14(16)18/h1-12,15H2. The van der Waals surface area contributed by atoms with Gasteiger partial charge in [-0.15, -0.1) is 0 Å². The Morgan fingerprint density at radius 1 is 0.810 bits per heavy atom. The summed E-state index contributed by atoms with van der Waals surface area (Å²) in [4.78, 5) is 24.0. The molecule has 1 heterocycles. The molecule has 1 aliphatic rings. The molecule has 2 N–H and O–H groups in total. The van der Waals surface area contributed by atoms with Crippen molar-refractivity contribution in [2.75, 3.05) is 52.7 Å². The van der Waals surface area contributed by atoms with E-state index < -0.39 is 0 Å². The molecule has 0 spiro atoms. The number of nitrogens with zero attached hydrogens (tertiary/aromatic N) is 1. The van der Waals surface area contributed by atoms with Gasteiger partial charge in [0.15, 0.2) is 0 Å². The summed E-state index contributed by atoms with van der Waals surface area (Å²) in [5, 5.41) is 0. The lowest BCUT2D eigenvalue weighted by molar-refractivity contribution is -0.138. The summed E-state index contributed by atoms with van der Waals surface area (Å²) >= 11 is 0. The molecule has 0 radical (unpaired) electrons. The summed E-state index contributed by atoms with van der Waals surface area (Å²) < 4.78 is 16.0. The summed E-state index contributed by atoms with van der Waals surface area (Å²) in [6, 6.07) is 0. The lowest BCUT2D eigenvalue weighted by Gasteiger charge is -2.13. The molecule has 0 saturated carbocycles. The van der Waals surface area contributed by atoms with Gasteiger partial charge in [0.1, 0.15) is 0 Å². The Morgan fingerprint density at radius 3 is 1.81 bits per heavy atom. The predicted molar refractivity (Wildman–Crippen MR) is 76.7 cm³/mol. The van der Waals surface area contributed by atoms with Crippen molar-refractivity contribution in [1.29, 1.82) is 0 Å². The van der Waals surface area contributed by atoms with Gasteiger partial charge in [0, 0.05) is 32.6 Å². The van der Waals surface area contributed by atoms with Crippen molar-refractivity contribution in [2.45, 2.75) is 25.7 Å². The van der Waals surface area contributed by atoms with Crippen molar-refractivity contribution in [1.82, 2.24) is 4.90 Å². The van der Waals surface area contributed by atoms with E-state index in [-0.39, 0.29) is 11.8 Å². The quantitative estimate of drug-likeness (QED) is 0.378. The van der Waals surface area contributed by atoms with Crippen LogP contribution in [0.3, 0.4) is 0 Å². The van der Waals surface area contributed by atoms with E-state index >= 15 is 0 Å². The minimum Gasteiger partial charge on any atom is -0.379 e. The highest BCUT2D eigenvalue weighted by Gasteiger charge is 2.27. The average molecular weight is 302 g/mol. The topological polar surface area (TPSA) is 91.1 Å². The van der Waals surface area contributed by atoms with Gasteiger partial charge in [-0.1, -0.05) is 0 Å². The number of hydrogen-bond donors (Lipinski definition) is 1. The van der Waals surface area contributed by atoms with E-state index in [2.05, 4.69) is 0 Å². The number of imide groups is 1. The molecule has 7 nitrogen and oxygen atoms in total. The molecule has 0 aromatic carbocycles. The van der Waals surface area contributed by atoms with Crippen molar-refractivity contribution in [3.63, 3.8) is 0 Å². The van der Waals surface area contributed by atoms with Gasteiger partial charge in [0.05, 0.1) is 26.4 Å². The number of hydrogen-bond acceptors (Lipinski definition) is 6. The molecule has 1 saturated heterocycles. The monoisotopic (exact) mass is 302 g/mol. The average Bonchev–Trinajstić information content (AvgIpc) is 2.80. The molecule has 1 aliphatic heterocycles. The largest absolute Gasteiger partial charge is 0.379 e. The molecular formula is C14H26N2O5. The van der Waals surface area contributed by atoms with Crippen LogP contribution in [0.4, 0.5) is 0 Å². The molecule has 0 aromatic rings. The Labute approximate surface area is 125 Å². The summed E-state index contributed by atoms with van der Waals surface area (Å²) in [6.07, 6.45) is 2.23. The first-order valence-corrected chi connectivity index (χ1v) is 7.52. The highest BCUT2D eigenvalue weighted by Crippen LogP contribution is 2.11. The Bertz CT molecular complexity index is 296. The predicted octanol–water partition coefficient (Wildman–Crippen LogP) is -0.0759. The summed E-state index contributed by atoms with van der Waals surface area (Å²) in [5.74, 6) is -0.143. The van der Waals surface area contributed by atoms with Crippen molar-refractivity contribution >= 4 is 11.8 Å². The summed E-state index contributed by atoms with van der Waals surface area (Å²) in [6.45, 7) is 4.42. The molecule has 0 aliphatic carbocycles. The zero-order valence-corrected chi connectivity index (χ0v) is 12.6. The molecule has 1 rings (SSSR count). The van der Waals surface area contributed by atoms with Crippen LogP contribution in [0.5, 0.6) is 0 Å². The summed E-state index contributed by atoms with van der Waals surface area (Å²) in [7, 11) is 0. The lowest BCUT2D eigenvalue weighted by atomic mass is 10.4. The maximum absolute atomic E-state index is 11.3. The Kier molecular flexibility index (Phi) is 9.98. The SMILES string of the molecule is NCCCOCCOCCOCCCN1C(=O)CCC1=O. The molecule has 21 heavy (non-hydrogen) atoms. The number of amides is 2. The van der Waals surface area contributed by atoms with E-state index in [9.17, 15) is 9.59 Å². The molecule has 122 valence electrons. The first-order chi connectivity index (χ1) is 10.3. The molecule has 0 atom stereocenters. The first-order valence-electron chi connectivity index (χ1n) is 7.52. The number of ether oxygens (including phenoxy) is 3. The van der Waals surface area contributed by atoms with E-state index in [4.69, 9.17) is 19.9 Å². The second-order valence-corrected chi connectivity index (χ2v) is 4.77. The molecule has 0 bridgehead atoms. The maximum atomic E-state index is 11.3. The van der Waals surface area contributed by atoms with Crippen molar-refractivity contribution in [3.8, 4) is 0 Å². The first kappa shape index (κ1) is 18.0. The van der Waals surface area contributed by atoms with Gasteiger partial charge in [-0.2, -0.15) is 0 Å². The smallest absolute Gasteiger partial charge is 0.229 e. The molecule has 2 amide bonds. The molecule has 1 fully saturated rings. The summed E-state index contributed by atoms with van der Waals surface area (Å²) in [5.41, 5.74) is 5.34. The van der Waals surface area contributed by atoms with Crippen LogP contribution in [0.15, 0.2) is 0 Å². The second-order valence-electron chi connectivity index (χ2n) is 4.77. The third-order valence-electron chi connectivity index (χ3n) is 3.06. The van der Waals surface area contributed by atoms with Gasteiger partial charge in [-0.25, -0.2) is 0 Å². The Morgan fingerprint density at radius 2 is 1.29 bits per heavy atom. The molecule has 0 aromatic heterocycles. The highest BCUT2D eigenvalue weighted by molar-refractivity contribution is 6.01. The number of carbonyl (C=O) groups is 2. The van der Waals surface area contributed by atoms with Gasteiger partial charge < -0.3 is 19.9 Å². The fourth-order valence-corrected chi connectivity index (χ4v) is 1.92. The second kappa shape index (κ2) is 11.6. The van der Waals surface area contributed by atoms with Crippen LogP contribution in [-0.2, 0) is 23.8 Å². The zero-order chi connectivity index (χ0) is 15.3. The number of rotatable bonds is 13. The molecular weight excluding hydrogens is 276 g/mol. The minimum atomic E-state index is -0.0713. The normalized spacial score (nSPS) is 15.2. The third-order valence-corrected chi connectivity index (χ3v) is 3.06. The van der Waals surface area contributed by atoms with Crippen LogP contribution in [0, 0.1) is 0 Å². The fraction of sp³-hybridized carbons (Fsp3) is 0.857. The van der Waals surface area contributed by atoms with Gasteiger partial charge in [-0.05, 0) is 19.4 Å². The van der Waals surface area contributed by atoms with Crippen molar-refractivity contribution in [2.24, 2.45) is 5.73 Å². The third kappa shape index (κ3) is 8.11. The zero-order valence-electron chi connectivity index (χ0n) is 12.6. The van der Waals surface area contributed by atoms with E-state index in [0.29, 0.717) is 72.0 Å². The van der Waals surface area contributed by atoms with Crippen molar-refractivity contribution in [3.05, 3.63) is 0 Å².